The Morgan fingerprint density at radius 3 is 2.43 bits per heavy atom. The fourth-order valence-electron chi connectivity index (χ4n) is 2.23. The van der Waals surface area contributed by atoms with E-state index in [-0.39, 0.29) is 17.3 Å². The highest BCUT2D eigenvalue weighted by atomic mass is 35.5. The molecule has 0 spiro atoms. The first-order chi connectivity index (χ1) is 11.1. The van der Waals surface area contributed by atoms with E-state index < -0.39 is 0 Å². The fourth-order valence-corrected chi connectivity index (χ4v) is 2.35. The topological polar surface area (TPSA) is 73.8 Å². The lowest BCUT2D eigenvalue weighted by atomic mass is 10.1. The molecule has 0 radical (unpaired) electrons. The zero-order chi connectivity index (χ0) is 16.2. The Labute approximate surface area is 138 Å². The number of benzene rings is 2. The number of Topliss-reactive ketones (excluding diaryl/α,β-unsaturated/α-hetero) is 1. The minimum Gasteiger partial charge on any atom is -0.380 e. The number of hydrogen-bond donors (Lipinski definition) is 1. The van der Waals surface area contributed by atoms with Gasteiger partial charge in [0.05, 0.1) is 5.69 Å². The van der Waals surface area contributed by atoms with Crippen LogP contribution in [0.2, 0.25) is 5.02 Å². The van der Waals surface area contributed by atoms with E-state index in [1.165, 1.54) is 4.80 Å². The van der Waals surface area contributed by atoms with Crippen LogP contribution in [-0.2, 0) is 6.42 Å². The first-order valence-electron chi connectivity index (χ1n) is 7.19. The second-order valence-corrected chi connectivity index (χ2v) is 5.54. The van der Waals surface area contributed by atoms with Gasteiger partial charge in [-0.25, -0.2) is 0 Å². The summed E-state index contributed by atoms with van der Waals surface area (Å²) in [6.45, 7) is 0. The SMILES string of the molecule is Nc1nn(-c2ccc(Cl)cc2)nc1C(=O)CCc1ccccc1. The highest BCUT2D eigenvalue weighted by molar-refractivity contribution is 6.30. The monoisotopic (exact) mass is 326 g/mol. The Morgan fingerprint density at radius 2 is 1.74 bits per heavy atom. The zero-order valence-electron chi connectivity index (χ0n) is 12.3. The number of carbonyl (C=O) groups excluding carboxylic acids is 1. The lowest BCUT2D eigenvalue weighted by Gasteiger charge is -2.00. The number of nitrogen functional groups attached to an aromatic ring is 1. The Morgan fingerprint density at radius 1 is 1.04 bits per heavy atom. The maximum atomic E-state index is 12.3. The minimum absolute atomic E-state index is 0.119. The first kappa shape index (κ1) is 15.2. The van der Waals surface area contributed by atoms with Crippen molar-refractivity contribution in [1.82, 2.24) is 15.0 Å². The van der Waals surface area contributed by atoms with E-state index in [1.807, 2.05) is 30.3 Å². The van der Waals surface area contributed by atoms with Gasteiger partial charge in [-0.05, 0) is 36.2 Å². The van der Waals surface area contributed by atoms with Crippen molar-refractivity contribution < 1.29 is 4.79 Å². The Balaban J connectivity index is 1.75. The van der Waals surface area contributed by atoms with Gasteiger partial charge in [-0.1, -0.05) is 41.9 Å². The molecular formula is C17H15ClN4O. The van der Waals surface area contributed by atoms with E-state index in [4.69, 9.17) is 17.3 Å². The molecule has 5 nitrogen and oxygen atoms in total. The van der Waals surface area contributed by atoms with Crippen LogP contribution in [-0.4, -0.2) is 20.8 Å². The number of nitrogens with zero attached hydrogens (tertiary/aromatic N) is 3. The van der Waals surface area contributed by atoms with Crippen LogP contribution in [0.3, 0.4) is 0 Å². The van der Waals surface area contributed by atoms with Crippen LogP contribution in [0.1, 0.15) is 22.5 Å². The van der Waals surface area contributed by atoms with Gasteiger partial charge in [0.15, 0.2) is 17.3 Å². The molecule has 2 aromatic carbocycles. The highest BCUT2D eigenvalue weighted by Gasteiger charge is 2.17. The summed E-state index contributed by atoms with van der Waals surface area (Å²) in [5, 5.41) is 8.93. The van der Waals surface area contributed by atoms with Crippen molar-refractivity contribution in [2.24, 2.45) is 0 Å². The van der Waals surface area contributed by atoms with E-state index >= 15 is 0 Å². The van der Waals surface area contributed by atoms with Gasteiger partial charge in [0.25, 0.3) is 0 Å². The number of aryl methyl sites for hydroxylation is 1. The number of aromatic nitrogens is 3. The number of ketones is 1. The van der Waals surface area contributed by atoms with E-state index in [0.717, 1.165) is 5.56 Å². The number of halogens is 1. The zero-order valence-corrected chi connectivity index (χ0v) is 13.1. The molecule has 0 fully saturated rings. The van der Waals surface area contributed by atoms with E-state index in [1.54, 1.807) is 24.3 Å². The van der Waals surface area contributed by atoms with Crippen LogP contribution < -0.4 is 5.73 Å². The lowest BCUT2D eigenvalue weighted by Crippen LogP contribution is -2.06. The number of anilines is 1. The Kier molecular flexibility index (Phi) is 4.39. The molecule has 1 heterocycles. The summed E-state index contributed by atoms with van der Waals surface area (Å²) in [7, 11) is 0. The van der Waals surface area contributed by atoms with Crippen molar-refractivity contribution in [2.45, 2.75) is 12.8 Å². The van der Waals surface area contributed by atoms with Gasteiger partial charge < -0.3 is 5.73 Å². The number of rotatable bonds is 5. The van der Waals surface area contributed by atoms with Crippen LogP contribution in [0, 0.1) is 0 Å². The maximum Gasteiger partial charge on any atom is 0.187 e. The second kappa shape index (κ2) is 6.62. The minimum atomic E-state index is -0.119. The Hall–Kier alpha value is -2.66. The van der Waals surface area contributed by atoms with E-state index in [0.29, 0.717) is 23.6 Å². The van der Waals surface area contributed by atoms with Crippen LogP contribution in [0.5, 0.6) is 0 Å². The predicted octanol–water partition coefficient (Wildman–Crippen LogP) is 3.32. The number of carbonyl (C=O) groups is 1. The summed E-state index contributed by atoms with van der Waals surface area (Å²) in [4.78, 5) is 13.7. The molecule has 0 amide bonds. The lowest BCUT2D eigenvalue weighted by molar-refractivity contribution is 0.0978. The molecule has 0 aliphatic heterocycles. The number of hydrogen-bond acceptors (Lipinski definition) is 4. The van der Waals surface area contributed by atoms with Crippen LogP contribution in [0.15, 0.2) is 54.6 Å². The van der Waals surface area contributed by atoms with Gasteiger partial charge in [0.1, 0.15) is 0 Å². The molecule has 0 atom stereocenters. The average molecular weight is 327 g/mol. The first-order valence-corrected chi connectivity index (χ1v) is 7.57. The summed E-state index contributed by atoms with van der Waals surface area (Å²) in [6.07, 6.45) is 0.987. The molecule has 6 heteroatoms. The summed E-state index contributed by atoms with van der Waals surface area (Å²) in [5.74, 6) is 0.0181. The van der Waals surface area contributed by atoms with Crippen molar-refractivity contribution in [3.63, 3.8) is 0 Å². The third-order valence-corrected chi connectivity index (χ3v) is 3.70. The van der Waals surface area contributed by atoms with Crippen molar-refractivity contribution in [3.8, 4) is 5.69 Å². The molecule has 0 aliphatic rings. The summed E-state index contributed by atoms with van der Waals surface area (Å²) < 4.78 is 0. The Bertz CT molecular complexity index is 812. The highest BCUT2D eigenvalue weighted by Crippen LogP contribution is 2.16. The van der Waals surface area contributed by atoms with E-state index in [2.05, 4.69) is 10.2 Å². The molecule has 3 rings (SSSR count). The molecule has 2 N–H and O–H groups in total. The number of nitrogens with two attached hydrogens (primary N) is 1. The van der Waals surface area contributed by atoms with Gasteiger partial charge in [-0.15, -0.1) is 15.0 Å². The van der Waals surface area contributed by atoms with Gasteiger partial charge in [0.2, 0.25) is 0 Å². The van der Waals surface area contributed by atoms with Crippen LogP contribution in [0.25, 0.3) is 5.69 Å². The van der Waals surface area contributed by atoms with Crippen molar-refractivity contribution >= 4 is 23.2 Å². The fraction of sp³-hybridized carbons (Fsp3) is 0.118. The predicted molar refractivity (Wildman–Crippen MR) is 89.9 cm³/mol. The quantitative estimate of drug-likeness (QED) is 0.730. The molecule has 0 aliphatic carbocycles. The molecule has 0 saturated carbocycles. The molecule has 116 valence electrons. The van der Waals surface area contributed by atoms with Gasteiger partial charge in [-0.3, -0.25) is 4.79 Å². The molecule has 1 aromatic heterocycles. The van der Waals surface area contributed by atoms with Crippen molar-refractivity contribution in [3.05, 3.63) is 70.9 Å². The van der Waals surface area contributed by atoms with Gasteiger partial charge in [-0.2, -0.15) is 0 Å². The average Bonchev–Trinajstić information content (AvgIpc) is 2.96. The van der Waals surface area contributed by atoms with Crippen molar-refractivity contribution in [1.29, 1.82) is 0 Å². The third-order valence-electron chi connectivity index (χ3n) is 3.45. The van der Waals surface area contributed by atoms with Crippen LogP contribution in [0.4, 0.5) is 5.82 Å². The van der Waals surface area contributed by atoms with Crippen molar-refractivity contribution in [2.75, 3.05) is 5.73 Å². The summed E-state index contributed by atoms with van der Waals surface area (Å²) in [5.41, 5.74) is 7.84. The molecule has 23 heavy (non-hydrogen) atoms. The van der Waals surface area contributed by atoms with E-state index in [9.17, 15) is 4.79 Å². The smallest absolute Gasteiger partial charge is 0.187 e. The molecule has 0 unspecified atom stereocenters. The summed E-state index contributed by atoms with van der Waals surface area (Å²) >= 11 is 5.86. The van der Waals surface area contributed by atoms with Gasteiger partial charge in [0, 0.05) is 11.4 Å². The molecule has 0 bridgehead atoms. The molecule has 3 aromatic rings. The largest absolute Gasteiger partial charge is 0.380 e. The normalized spacial score (nSPS) is 10.7. The third kappa shape index (κ3) is 3.57. The van der Waals surface area contributed by atoms with Crippen LogP contribution >= 0.6 is 11.6 Å². The maximum absolute atomic E-state index is 12.3. The molecule has 0 saturated heterocycles. The second-order valence-electron chi connectivity index (χ2n) is 5.11. The van der Waals surface area contributed by atoms with Gasteiger partial charge >= 0.3 is 0 Å². The standard InChI is InChI=1S/C17H15ClN4O/c18-13-7-9-14(10-8-13)22-20-16(17(19)21-22)15(23)11-6-12-4-2-1-3-5-12/h1-5,7-10H,6,11H2,(H2,19,21). The summed E-state index contributed by atoms with van der Waals surface area (Å²) in [6, 6.07) is 16.8. The molecular weight excluding hydrogens is 312 g/mol.